The Kier molecular flexibility index (Phi) is 4.83. The fourth-order valence-electron chi connectivity index (χ4n) is 3.02. The van der Waals surface area contributed by atoms with E-state index in [-0.39, 0.29) is 11.1 Å². The summed E-state index contributed by atoms with van der Waals surface area (Å²) in [7, 11) is 3.83. The summed E-state index contributed by atoms with van der Waals surface area (Å²) in [5.74, 6) is 1.12. The minimum atomic E-state index is -0.235. The van der Waals surface area contributed by atoms with E-state index >= 15 is 0 Å². The molecule has 4 rings (SSSR count). The number of hydrogen-bond donors (Lipinski definition) is 1. The number of nitrogens with one attached hydrogen (secondary N) is 1. The van der Waals surface area contributed by atoms with Crippen LogP contribution in [0.5, 0.6) is 0 Å². The second-order valence-corrected chi connectivity index (χ2v) is 6.69. The smallest absolute Gasteiger partial charge is 0.224 e. The standard InChI is InChI=1S/C20H18ClFN6/c1-27(18-9-10-23-19(21)26-18)14-7-8-17-16(11-14)25-20(28(17)2)24-12-13-5-3-4-6-15(13)22/h3-11H,12H2,1-2H3,(H,24,25). The van der Waals surface area contributed by atoms with Gasteiger partial charge in [0.1, 0.15) is 11.6 Å². The first-order valence-electron chi connectivity index (χ1n) is 8.69. The Labute approximate surface area is 166 Å². The van der Waals surface area contributed by atoms with Gasteiger partial charge >= 0.3 is 0 Å². The van der Waals surface area contributed by atoms with Gasteiger partial charge in [-0.05, 0) is 41.9 Å². The zero-order valence-electron chi connectivity index (χ0n) is 15.4. The van der Waals surface area contributed by atoms with Crippen molar-refractivity contribution in [3.8, 4) is 0 Å². The van der Waals surface area contributed by atoms with Gasteiger partial charge in [0.25, 0.3) is 0 Å². The lowest BCUT2D eigenvalue weighted by molar-refractivity contribution is 0.612. The summed E-state index contributed by atoms with van der Waals surface area (Å²) in [5, 5.41) is 3.40. The summed E-state index contributed by atoms with van der Waals surface area (Å²) in [4.78, 5) is 14.7. The molecule has 28 heavy (non-hydrogen) atoms. The molecule has 0 saturated heterocycles. The van der Waals surface area contributed by atoms with Crippen LogP contribution in [-0.4, -0.2) is 26.6 Å². The van der Waals surface area contributed by atoms with Crippen LogP contribution >= 0.6 is 11.6 Å². The van der Waals surface area contributed by atoms with Crippen LogP contribution in [0, 0.1) is 5.82 Å². The van der Waals surface area contributed by atoms with Crippen LogP contribution in [0.3, 0.4) is 0 Å². The summed E-state index contributed by atoms with van der Waals surface area (Å²) in [6.45, 7) is 0.357. The molecule has 0 unspecified atom stereocenters. The molecule has 4 aromatic rings. The Morgan fingerprint density at radius 3 is 2.75 bits per heavy atom. The lowest BCUT2D eigenvalue weighted by atomic mass is 10.2. The highest BCUT2D eigenvalue weighted by atomic mass is 35.5. The number of rotatable bonds is 5. The van der Waals surface area contributed by atoms with Crippen LogP contribution in [0.25, 0.3) is 11.0 Å². The maximum absolute atomic E-state index is 13.8. The van der Waals surface area contributed by atoms with E-state index in [1.165, 1.54) is 6.07 Å². The fraction of sp³-hybridized carbons (Fsp3) is 0.150. The quantitative estimate of drug-likeness (QED) is 0.502. The average molecular weight is 397 g/mol. The van der Waals surface area contributed by atoms with Crippen molar-refractivity contribution in [3.63, 3.8) is 0 Å². The van der Waals surface area contributed by atoms with Gasteiger partial charge in [0, 0.05) is 38.1 Å². The molecule has 0 radical (unpaired) electrons. The van der Waals surface area contributed by atoms with Crippen molar-refractivity contribution in [2.24, 2.45) is 7.05 Å². The Balaban J connectivity index is 1.61. The third-order valence-corrected chi connectivity index (χ3v) is 4.78. The lowest BCUT2D eigenvalue weighted by Gasteiger charge is -2.18. The number of anilines is 3. The first-order valence-corrected chi connectivity index (χ1v) is 9.07. The molecule has 2 aromatic carbocycles. The van der Waals surface area contributed by atoms with Crippen molar-refractivity contribution in [2.45, 2.75) is 6.54 Å². The molecule has 0 saturated carbocycles. The topological polar surface area (TPSA) is 58.9 Å². The van der Waals surface area contributed by atoms with Gasteiger partial charge in [-0.15, -0.1) is 0 Å². The van der Waals surface area contributed by atoms with Crippen LogP contribution in [0.4, 0.5) is 21.8 Å². The van der Waals surface area contributed by atoms with E-state index in [9.17, 15) is 4.39 Å². The third-order valence-electron chi connectivity index (χ3n) is 4.60. The summed E-state index contributed by atoms with van der Waals surface area (Å²) >= 11 is 5.89. The predicted molar refractivity (Wildman–Crippen MR) is 110 cm³/mol. The first-order chi connectivity index (χ1) is 13.5. The van der Waals surface area contributed by atoms with Crippen molar-refractivity contribution in [3.05, 3.63) is 71.4 Å². The molecule has 2 aromatic heterocycles. The first kappa shape index (κ1) is 18.2. The van der Waals surface area contributed by atoms with Crippen molar-refractivity contribution in [1.29, 1.82) is 0 Å². The number of aryl methyl sites for hydroxylation is 1. The number of halogens is 2. The second-order valence-electron chi connectivity index (χ2n) is 6.36. The molecular formula is C20H18ClFN6. The molecule has 0 aliphatic rings. The van der Waals surface area contributed by atoms with Crippen LogP contribution in [0.15, 0.2) is 54.7 Å². The lowest BCUT2D eigenvalue weighted by Crippen LogP contribution is -2.11. The van der Waals surface area contributed by atoms with Crippen LogP contribution in [0.1, 0.15) is 5.56 Å². The molecule has 1 N–H and O–H groups in total. The van der Waals surface area contributed by atoms with Gasteiger partial charge in [-0.25, -0.2) is 19.3 Å². The van der Waals surface area contributed by atoms with Gasteiger partial charge in [-0.2, -0.15) is 0 Å². The van der Waals surface area contributed by atoms with Gasteiger partial charge in [0.05, 0.1) is 11.0 Å². The zero-order chi connectivity index (χ0) is 19.7. The minimum absolute atomic E-state index is 0.197. The molecule has 0 bridgehead atoms. The predicted octanol–water partition coefficient (Wildman–Crippen LogP) is 4.54. The molecular weight excluding hydrogens is 379 g/mol. The van der Waals surface area contributed by atoms with Crippen molar-refractivity contribution < 1.29 is 4.39 Å². The third kappa shape index (κ3) is 3.48. The van der Waals surface area contributed by atoms with E-state index in [4.69, 9.17) is 11.6 Å². The summed E-state index contributed by atoms with van der Waals surface area (Å²) in [6.07, 6.45) is 1.62. The zero-order valence-corrected chi connectivity index (χ0v) is 16.2. The van der Waals surface area contributed by atoms with E-state index in [2.05, 4.69) is 20.3 Å². The van der Waals surface area contributed by atoms with Crippen LogP contribution in [0.2, 0.25) is 5.28 Å². The number of benzene rings is 2. The second kappa shape index (κ2) is 7.44. The van der Waals surface area contributed by atoms with Gasteiger partial charge in [-0.3, -0.25) is 0 Å². The number of aromatic nitrogens is 4. The van der Waals surface area contributed by atoms with E-state index in [1.54, 1.807) is 24.4 Å². The Morgan fingerprint density at radius 1 is 1.14 bits per heavy atom. The maximum atomic E-state index is 13.8. The Bertz CT molecular complexity index is 1140. The van der Waals surface area contributed by atoms with E-state index in [1.807, 2.05) is 47.8 Å². The minimum Gasteiger partial charge on any atom is -0.351 e. The summed E-state index contributed by atoms with van der Waals surface area (Å²) in [5.41, 5.74) is 3.30. The van der Waals surface area contributed by atoms with Crippen molar-refractivity contribution >= 4 is 40.1 Å². The molecule has 0 atom stereocenters. The SMILES string of the molecule is CN(c1ccc2c(c1)nc(NCc1ccccc1F)n2C)c1ccnc(Cl)n1. The van der Waals surface area contributed by atoms with E-state index in [0.717, 1.165) is 16.7 Å². The maximum Gasteiger partial charge on any atom is 0.224 e. The molecule has 2 heterocycles. The molecule has 0 spiro atoms. The normalized spacial score (nSPS) is 11.0. The molecule has 0 amide bonds. The monoisotopic (exact) mass is 396 g/mol. The van der Waals surface area contributed by atoms with Crippen molar-refractivity contribution in [2.75, 3.05) is 17.3 Å². The summed E-state index contributed by atoms with van der Waals surface area (Å²) < 4.78 is 15.8. The molecule has 142 valence electrons. The number of fused-ring (bicyclic) bond motifs is 1. The molecule has 0 aliphatic heterocycles. The highest BCUT2D eigenvalue weighted by Crippen LogP contribution is 2.27. The van der Waals surface area contributed by atoms with Crippen LogP contribution < -0.4 is 10.2 Å². The molecule has 0 fully saturated rings. The number of nitrogens with zero attached hydrogens (tertiary/aromatic N) is 5. The Morgan fingerprint density at radius 2 is 1.96 bits per heavy atom. The van der Waals surface area contributed by atoms with Gasteiger partial charge in [0.2, 0.25) is 11.2 Å². The molecule has 6 nitrogen and oxygen atoms in total. The van der Waals surface area contributed by atoms with Gasteiger partial charge in [-0.1, -0.05) is 18.2 Å². The average Bonchev–Trinajstić information content (AvgIpc) is 3.02. The van der Waals surface area contributed by atoms with E-state index in [0.29, 0.717) is 23.9 Å². The van der Waals surface area contributed by atoms with Crippen LogP contribution in [-0.2, 0) is 13.6 Å². The molecule has 0 aliphatic carbocycles. The van der Waals surface area contributed by atoms with Gasteiger partial charge < -0.3 is 14.8 Å². The highest BCUT2D eigenvalue weighted by molar-refractivity contribution is 6.28. The molecule has 8 heteroatoms. The number of imidazole rings is 1. The Hall–Kier alpha value is -3.19. The van der Waals surface area contributed by atoms with E-state index < -0.39 is 0 Å². The summed E-state index contributed by atoms with van der Waals surface area (Å²) in [6, 6.07) is 14.4. The fourth-order valence-corrected chi connectivity index (χ4v) is 3.16. The highest BCUT2D eigenvalue weighted by Gasteiger charge is 2.12. The number of hydrogen-bond acceptors (Lipinski definition) is 5. The van der Waals surface area contributed by atoms with Crippen molar-refractivity contribution in [1.82, 2.24) is 19.5 Å². The van der Waals surface area contributed by atoms with Gasteiger partial charge in [0.15, 0.2) is 0 Å². The largest absolute Gasteiger partial charge is 0.351 e.